The smallest absolute Gasteiger partial charge is 0.0481 e. The van der Waals surface area contributed by atoms with Crippen LogP contribution in [0.1, 0.15) is 56.4 Å². The molecule has 0 unspecified atom stereocenters. The van der Waals surface area contributed by atoms with Crippen LogP contribution in [0.2, 0.25) is 0 Å². The number of hydrogen-bond donors (Lipinski definition) is 0. The summed E-state index contributed by atoms with van der Waals surface area (Å²) in [5.41, 5.74) is 11.3. The minimum absolute atomic E-state index is 1.38. The van der Waals surface area contributed by atoms with Gasteiger partial charge in [-0.2, -0.15) is 0 Å². The first-order valence-electron chi connectivity index (χ1n) is 23.1. The Morgan fingerprint density at radius 2 is 0.557 bits per heavy atom. The third kappa shape index (κ3) is 8.95. The minimum atomic E-state index is 1.38. The first kappa shape index (κ1) is 48.4. The maximum absolute atomic E-state index is 2.44. The summed E-state index contributed by atoms with van der Waals surface area (Å²) < 4.78 is 5.73. The van der Waals surface area contributed by atoms with Crippen molar-refractivity contribution in [3.8, 4) is 61.3 Å². The van der Waals surface area contributed by atoms with Gasteiger partial charge in [0, 0.05) is 136 Å². The summed E-state index contributed by atoms with van der Waals surface area (Å²) in [6.07, 6.45) is 0. The summed E-state index contributed by atoms with van der Waals surface area (Å²) in [5, 5.41) is 12.1. The molecule has 0 N–H and O–H groups in total. The second-order valence-electron chi connectivity index (χ2n) is 18.1. The lowest BCUT2D eigenvalue weighted by atomic mass is 9.99. The molecule has 0 fully saturated rings. The molecule has 0 saturated heterocycles. The Kier molecular flexibility index (Phi) is 13.5. The molecule has 0 amide bonds. The zero-order chi connectivity index (χ0) is 48.7. The van der Waals surface area contributed by atoms with Gasteiger partial charge in [-0.15, -0.1) is 125 Å². The van der Waals surface area contributed by atoms with Crippen molar-refractivity contribution in [2.75, 3.05) is 0 Å². The van der Waals surface area contributed by atoms with E-state index in [9.17, 15) is 0 Å². The fourth-order valence-electron chi connectivity index (χ4n) is 9.61. The summed E-state index contributed by atoms with van der Waals surface area (Å²) in [6.45, 7) is 24.6. The quantitative estimate of drug-likeness (QED) is 0.156. The number of thiophene rings is 11. The van der Waals surface area contributed by atoms with E-state index < -0.39 is 0 Å². The first-order valence-corrected chi connectivity index (χ1v) is 32.2. The van der Waals surface area contributed by atoms with Gasteiger partial charge in [-0.25, -0.2) is 0 Å². The van der Waals surface area contributed by atoms with Crippen molar-refractivity contribution in [3.05, 3.63) is 157 Å². The molecule has 0 saturated carbocycles. The highest BCUT2D eigenvalue weighted by molar-refractivity contribution is 7.27. The van der Waals surface area contributed by atoms with Gasteiger partial charge in [0.15, 0.2) is 0 Å². The van der Waals surface area contributed by atoms with E-state index in [1.165, 1.54) is 158 Å². The maximum atomic E-state index is 2.44. The van der Waals surface area contributed by atoms with Gasteiger partial charge in [0.05, 0.1) is 0 Å². The molecule has 0 spiro atoms. The summed E-state index contributed by atoms with van der Waals surface area (Å²) in [4.78, 5) is 20.9. The van der Waals surface area contributed by atoms with Gasteiger partial charge < -0.3 is 0 Å². The van der Waals surface area contributed by atoms with Crippen LogP contribution in [0.15, 0.2) is 101 Å². The number of hydrogen-bond acceptors (Lipinski definition) is 11. The molecule has 0 bridgehead atoms. The Morgan fingerprint density at radius 1 is 0.257 bits per heavy atom. The van der Waals surface area contributed by atoms with Crippen LogP contribution in [0, 0.1) is 76.2 Å². The fourth-order valence-corrected chi connectivity index (χ4v) is 21.4. The number of fused-ring (bicyclic) bond motifs is 4. The third-order valence-electron chi connectivity index (χ3n) is 12.4. The molecule has 11 heterocycles. The third-order valence-corrected chi connectivity index (χ3v) is 24.4. The lowest BCUT2D eigenvalue weighted by Gasteiger charge is -2.09. The molecule has 11 aromatic heterocycles. The van der Waals surface area contributed by atoms with Crippen molar-refractivity contribution in [2.45, 2.75) is 76.2 Å². The van der Waals surface area contributed by atoms with Gasteiger partial charge in [-0.3, -0.25) is 0 Å². The van der Waals surface area contributed by atoms with E-state index in [0.717, 1.165) is 0 Å². The topological polar surface area (TPSA) is 0 Å². The minimum Gasteiger partial charge on any atom is -0.149 e. The molecule has 11 heteroatoms. The second-order valence-corrected chi connectivity index (χ2v) is 30.8. The average Bonchev–Trinajstić information content (AvgIpc) is 4.14. The molecule has 0 aliphatic carbocycles. The molecular formula is C59H50S11. The van der Waals surface area contributed by atoms with Crippen LogP contribution < -0.4 is 0 Å². The van der Waals surface area contributed by atoms with Crippen molar-refractivity contribution < 1.29 is 0 Å². The SMILES string of the molecule is Cc1cc(C)c(-c2sc(-c3c4cc(C)sc4c(-c4cc(C)c(-c5sc(C)cc5C)s4)c4cc(C)sc34)cc2C)s1.Cc1cc2c(-c3cccs3)c3sc(C)cc3c(-c3cccs3)c2s1.Cc1cccs1. The number of aryl methyl sites for hydroxylation is 11. The van der Waals surface area contributed by atoms with E-state index in [0.29, 0.717) is 0 Å². The molecular weight excluding hydrogens is 1060 g/mol. The van der Waals surface area contributed by atoms with Crippen molar-refractivity contribution in [1.82, 2.24) is 0 Å². The maximum Gasteiger partial charge on any atom is 0.0481 e. The van der Waals surface area contributed by atoms with Crippen LogP contribution in [0.5, 0.6) is 0 Å². The molecule has 2 aromatic carbocycles. The van der Waals surface area contributed by atoms with Crippen molar-refractivity contribution in [2.24, 2.45) is 0 Å². The lowest BCUT2D eigenvalue weighted by molar-refractivity contribution is 1.49. The van der Waals surface area contributed by atoms with Gasteiger partial charge in [-0.1, -0.05) is 18.2 Å². The average molecular weight is 1110 g/mol. The van der Waals surface area contributed by atoms with Crippen LogP contribution in [-0.2, 0) is 0 Å². The Balaban J connectivity index is 0.000000149. The van der Waals surface area contributed by atoms with Crippen LogP contribution in [0.3, 0.4) is 0 Å². The molecule has 0 nitrogen and oxygen atoms in total. The van der Waals surface area contributed by atoms with E-state index in [1.54, 1.807) is 11.3 Å². The van der Waals surface area contributed by atoms with E-state index in [-0.39, 0.29) is 0 Å². The first-order chi connectivity index (χ1) is 33.7. The van der Waals surface area contributed by atoms with Crippen LogP contribution in [0.25, 0.3) is 102 Å². The molecule has 0 atom stereocenters. The normalized spacial score (nSPS) is 11.6. The Hall–Kier alpha value is -3.82. The highest BCUT2D eigenvalue weighted by atomic mass is 32.1. The predicted octanol–water partition coefficient (Wildman–Crippen LogP) is 23.7. The lowest BCUT2D eigenvalue weighted by Crippen LogP contribution is -1.81. The van der Waals surface area contributed by atoms with Crippen molar-refractivity contribution >= 4 is 165 Å². The van der Waals surface area contributed by atoms with Gasteiger partial charge in [0.2, 0.25) is 0 Å². The summed E-state index contributed by atoms with van der Waals surface area (Å²) in [7, 11) is 0. The van der Waals surface area contributed by atoms with Gasteiger partial charge in [0.1, 0.15) is 0 Å². The van der Waals surface area contributed by atoms with E-state index >= 15 is 0 Å². The van der Waals surface area contributed by atoms with E-state index in [2.05, 4.69) is 177 Å². The second kappa shape index (κ2) is 19.6. The standard InChI is InChI=1S/C34H30S6.C20H14S4.C5H6S/c1-15-9-19(5)35-29(15)31-17(3)11-25(39-31)27-23-13-21(7)38-34(23)28(24-14-22(8)37-33(24)27)26-12-18(4)32(40-26)30-16(2)10-20(6)36-30;1-11-9-13-17(15-5-3-7-21-15)20-14(10-12(2)24-20)18(19(13)23-11)16-6-4-8-22-16;1-5-3-2-4-6-5/h9-14H,1-8H3;3-10H,1-2H3;2-4H,1H3. The van der Waals surface area contributed by atoms with Crippen LogP contribution in [-0.4, -0.2) is 0 Å². The molecule has 0 aliphatic heterocycles. The molecule has 0 radical (unpaired) electrons. The van der Waals surface area contributed by atoms with Crippen molar-refractivity contribution in [3.63, 3.8) is 0 Å². The van der Waals surface area contributed by atoms with Gasteiger partial charge in [0.25, 0.3) is 0 Å². The van der Waals surface area contributed by atoms with Crippen LogP contribution >= 0.6 is 125 Å². The zero-order valence-electron chi connectivity index (χ0n) is 40.8. The van der Waals surface area contributed by atoms with Gasteiger partial charge in [-0.05, 0) is 181 Å². The van der Waals surface area contributed by atoms with E-state index in [4.69, 9.17) is 0 Å². The summed E-state index contributed by atoms with van der Waals surface area (Å²) in [5.74, 6) is 0. The molecule has 0 aliphatic rings. The Morgan fingerprint density at radius 3 is 0.829 bits per heavy atom. The van der Waals surface area contributed by atoms with E-state index in [1.807, 2.05) is 113 Å². The predicted molar refractivity (Wildman–Crippen MR) is 331 cm³/mol. The molecule has 13 rings (SSSR count). The monoisotopic (exact) mass is 1110 g/mol. The number of benzene rings is 2. The largest absolute Gasteiger partial charge is 0.149 e. The highest BCUT2D eigenvalue weighted by Crippen LogP contribution is 2.55. The fraction of sp³-hybridized carbons (Fsp3) is 0.186. The highest BCUT2D eigenvalue weighted by Gasteiger charge is 2.26. The number of rotatable bonds is 6. The zero-order valence-corrected chi connectivity index (χ0v) is 49.8. The summed E-state index contributed by atoms with van der Waals surface area (Å²) in [6, 6.07) is 32.2. The molecule has 70 heavy (non-hydrogen) atoms. The Labute approximate surface area is 455 Å². The van der Waals surface area contributed by atoms with Gasteiger partial charge >= 0.3 is 0 Å². The molecule has 352 valence electrons. The van der Waals surface area contributed by atoms with Crippen molar-refractivity contribution in [1.29, 1.82) is 0 Å². The summed E-state index contributed by atoms with van der Waals surface area (Å²) >= 11 is 21.0. The molecule has 13 aromatic rings. The Bertz CT molecular complexity index is 3650. The van der Waals surface area contributed by atoms with Crippen LogP contribution in [0.4, 0.5) is 0 Å².